The van der Waals surface area contributed by atoms with Crippen LogP contribution >= 0.6 is 0 Å². The number of ether oxygens (including phenoxy) is 1. The summed E-state index contributed by atoms with van der Waals surface area (Å²) in [5.74, 6) is -0.249. The molecule has 6 nitrogen and oxygen atoms in total. The molecule has 10 heteroatoms. The molecule has 0 radical (unpaired) electrons. The van der Waals surface area contributed by atoms with Gasteiger partial charge in [0.15, 0.2) is 5.03 Å². The average molecular weight is 402 g/mol. The fourth-order valence-corrected chi connectivity index (χ4v) is 3.15. The van der Waals surface area contributed by atoms with Gasteiger partial charge in [0.05, 0.1) is 12.2 Å². The molecular weight excluding hydrogens is 385 g/mol. The van der Waals surface area contributed by atoms with Crippen LogP contribution in [-0.2, 0) is 16.4 Å². The first-order chi connectivity index (χ1) is 12.6. The van der Waals surface area contributed by atoms with Gasteiger partial charge >= 0.3 is 5.51 Å². The van der Waals surface area contributed by atoms with Gasteiger partial charge in [0.1, 0.15) is 5.75 Å². The number of carbonyl (C=O) groups is 1. The molecule has 1 aromatic carbocycles. The molecule has 0 saturated heterocycles. The fourth-order valence-electron chi connectivity index (χ4n) is 2.29. The fraction of sp³-hybridized carbons (Fsp3) is 0.294. The highest BCUT2D eigenvalue weighted by atomic mass is 32.2. The second kappa shape index (κ2) is 7.95. The van der Waals surface area contributed by atoms with E-state index in [1.54, 1.807) is 24.3 Å². The number of carbonyl (C=O) groups excluding carboxylic acids is 1. The number of halogens is 3. The maximum atomic E-state index is 12.8. The van der Waals surface area contributed by atoms with Gasteiger partial charge in [0.2, 0.25) is 0 Å². The summed E-state index contributed by atoms with van der Waals surface area (Å²) in [6.45, 7) is 2.39. The molecule has 2 aromatic rings. The van der Waals surface area contributed by atoms with Crippen molar-refractivity contribution in [3.63, 3.8) is 0 Å². The molecule has 0 fully saturated rings. The lowest BCUT2D eigenvalue weighted by atomic mass is 10.2. The van der Waals surface area contributed by atoms with E-state index in [-0.39, 0.29) is 6.54 Å². The summed E-state index contributed by atoms with van der Waals surface area (Å²) >= 11 is 0. The van der Waals surface area contributed by atoms with Crippen molar-refractivity contribution in [2.24, 2.45) is 0 Å². The minimum Gasteiger partial charge on any atom is -0.494 e. The van der Waals surface area contributed by atoms with Crippen LogP contribution in [0.15, 0.2) is 47.6 Å². The largest absolute Gasteiger partial charge is 0.503 e. The maximum Gasteiger partial charge on any atom is 0.503 e. The highest BCUT2D eigenvalue weighted by Gasteiger charge is 2.49. The minimum atomic E-state index is -5.75. The Morgan fingerprint density at radius 2 is 1.81 bits per heavy atom. The van der Waals surface area contributed by atoms with Gasteiger partial charge in [-0.3, -0.25) is 4.79 Å². The van der Waals surface area contributed by atoms with Crippen LogP contribution in [0.4, 0.5) is 13.2 Å². The van der Waals surface area contributed by atoms with E-state index >= 15 is 0 Å². The first kappa shape index (κ1) is 20.7. The third kappa shape index (κ3) is 4.57. The normalized spacial score (nSPS) is 11.9. The lowest BCUT2D eigenvalue weighted by molar-refractivity contribution is -0.0438. The van der Waals surface area contributed by atoms with E-state index in [4.69, 9.17) is 4.74 Å². The van der Waals surface area contributed by atoms with Crippen molar-refractivity contribution in [1.29, 1.82) is 0 Å². The van der Waals surface area contributed by atoms with Crippen molar-refractivity contribution in [1.82, 2.24) is 9.88 Å². The number of pyridine rings is 1. The van der Waals surface area contributed by atoms with Crippen molar-refractivity contribution in [3.05, 3.63) is 53.7 Å². The van der Waals surface area contributed by atoms with Crippen LogP contribution in [0.3, 0.4) is 0 Å². The minimum absolute atomic E-state index is 0.0611. The topological polar surface area (TPSA) is 76.6 Å². The van der Waals surface area contributed by atoms with E-state index in [0.717, 1.165) is 17.2 Å². The van der Waals surface area contributed by atoms with Gasteiger partial charge in [-0.1, -0.05) is 12.1 Å². The van der Waals surface area contributed by atoms with E-state index < -0.39 is 31.8 Å². The van der Waals surface area contributed by atoms with Crippen LogP contribution in [0.5, 0.6) is 5.75 Å². The number of hydrogen-bond donors (Lipinski definition) is 0. The van der Waals surface area contributed by atoms with Gasteiger partial charge in [-0.2, -0.15) is 13.2 Å². The monoisotopic (exact) mass is 402 g/mol. The third-order valence-electron chi connectivity index (χ3n) is 3.56. The number of hydrogen-bond acceptors (Lipinski definition) is 5. The zero-order valence-electron chi connectivity index (χ0n) is 14.5. The molecule has 0 N–H and O–H groups in total. The number of benzene rings is 1. The van der Waals surface area contributed by atoms with Gasteiger partial charge in [-0.05, 0) is 36.8 Å². The van der Waals surface area contributed by atoms with Crippen LogP contribution in [0, 0.1) is 0 Å². The molecular formula is C17H17F3N2O4S. The summed E-state index contributed by atoms with van der Waals surface area (Å²) < 4.78 is 67.2. The quantitative estimate of drug-likeness (QED) is 0.742. The van der Waals surface area contributed by atoms with Crippen molar-refractivity contribution in [2.45, 2.75) is 24.0 Å². The zero-order chi connectivity index (χ0) is 20.2. The van der Waals surface area contributed by atoms with E-state index in [2.05, 4.69) is 4.98 Å². The molecule has 0 spiro atoms. The third-order valence-corrected chi connectivity index (χ3v) is 5.01. The molecule has 0 unspecified atom stereocenters. The molecule has 2 rings (SSSR count). The van der Waals surface area contributed by atoms with Crippen LogP contribution in [-0.4, -0.2) is 43.4 Å². The Hall–Kier alpha value is -2.62. The molecule has 146 valence electrons. The van der Waals surface area contributed by atoms with Gasteiger partial charge in [0.25, 0.3) is 15.7 Å². The van der Waals surface area contributed by atoms with E-state index in [1.807, 2.05) is 6.92 Å². The zero-order valence-corrected chi connectivity index (χ0v) is 15.3. The number of rotatable bonds is 6. The molecule has 1 aromatic heterocycles. The van der Waals surface area contributed by atoms with Crippen molar-refractivity contribution < 1.29 is 31.1 Å². The standard InChI is InChI=1S/C17H17F3N2O4S/c1-3-26-13-8-6-12(7-9-13)11-22(2)16(23)14-5-4-10-21-15(14)27(24,25)17(18,19)20/h4-10H,3,11H2,1-2H3. The Morgan fingerprint density at radius 1 is 1.19 bits per heavy atom. The summed E-state index contributed by atoms with van der Waals surface area (Å²) in [4.78, 5) is 16.9. The Balaban J connectivity index is 2.27. The van der Waals surface area contributed by atoms with Crippen molar-refractivity contribution in [3.8, 4) is 5.75 Å². The van der Waals surface area contributed by atoms with E-state index in [1.165, 1.54) is 13.1 Å². The average Bonchev–Trinajstić information content (AvgIpc) is 2.62. The van der Waals surface area contributed by atoms with Crippen LogP contribution in [0.2, 0.25) is 0 Å². The molecule has 0 aliphatic rings. The SMILES string of the molecule is CCOc1ccc(CN(C)C(=O)c2cccnc2S(=O)(=O)C(F)(F)F)cc1. The predicted molar refractivity (Wildman–Crippen MR) is 90.9 cm³/mol. The second-order valence-electron chi connectivity index (χ2n) is 5.54. The Kier molecular flexibility index (Phi) is 6.09. The number of alkyl halides is 3. The highest BCUT2D eigenvalue weighted by Crippen LogP contribution is 2.31. The van der Waals surface area contributed by atoms with Gasteiger partial charge in [-0.25, -0.2) is 13.4 Å². The van der Waals surface area contributed by atoms with Gasteiger partial charge in [0, 0.05) is 19.8 Å². The van der Waals surface area contributed by atoms with Gasteiger partial charge < -0.3 is 9.64 Å². The number of nitrogens with zero attached hydrogens (tertiary/aromatic N) is 2. The summed E-state index contributed by atoms with van der Waals surface area (Å²) in [6.07, 6.45) is 0.891. The Bertz CT molecular complexity index is 913. The van der Waals surface area contributed by atoms with E-state index in [9.17, 15) is 26.4 Å². The number of aromatic nitrogens is 1. The van der Waals surface area contributed by atoms with Gasteiger partial charge in [-0.15, -0.1) is 0 Å². The molecule has 1 amide bonds. The molecule has 0 bridgehead atoms. The molecule has 0 aliphatic heterocycles. The van der Waals surface area contributed by atoms with Crippen LogP contribution in [0.1, 0.15) is 22.8 Å². The molecule has 0 aliphatic carbocycles. The lowest BCUT2D eigenvalue weighted by Crippen LogP contribution is -2.31. The summed E-state index contributed by atoms with van der Waals surface area (Å²) in [5.41, 5.74) is -5.49. The first-order valence-electron chi connectivity index (χ1n) is 7.81. The summed E-state index contributed by atoms with van der Waals surface area (Å²) in [6, 6.07) is 8.99. The predicted octanol–water partition coefficient (Wildman–Crippen LogP) is 3.05. The highest BCUT2D eigenvalue weighted by molar-refractivity contribution is 7.92. The summed E-state index contributed by atoms with van der Waals surface area (Å²) in [7, 11) is -4.39. The van der Waals surface area contributed by atoms with Crippen LogP contribution < -0.4 is 4.74 Å². The van der Waals surface area contributed by atoms with Crippen molar-refractivity contribution >= 4 is 15.7 Å². The Morgan fingerprint density at radius 3 is 2.37 bits per heavy atom. The summed E-state index contributed by atoms with van der Waals surface area (Å²) in [5, 5.41) is -1.30. The van der Waals surface area contributed by atoms with E-state index in [0.29, 0.717) is 17.9 Å². The maximum absolute atomic E-state index is 12.8. The number of amides is 1. The van der Waals surface area contributed by atoms with Crippen LogP contribution in [0.25, 0.3) is 0 Å². The second-order valence-corrected chi connectivity index (χ2v) is 7.40. The number of sulfone groups is 1. The van der Waals surface area contributed by atoms with Crippen molar-refractivity contribution in [2.75, 3.05) is 13.7 Å². The molecule has 27 heavy (non-hydrogen) atoms. The first-order valence-corrected chi connectivity index (χ1v) is 9.29. The molecule has 0 atom stereocenters. The smallest absolute Gasteiger partial charge is 0.494 e. The Labute approximate surface area is 154 Å². The lowest BCUT2D eigenvalue weighted by Gasteiger charge is -2.19. The molecule has 1 heterocycles. The molecule has 0 saturated carbocycles.